The highest BCUT2D eigenvalue weighted by Crippen LogP contribution is 2.46. The van der Waals surface area contributed by atoms with Crippen LogP contribution >= 0.6 is 23.2 Å². The molecule has 0 amide bonds. The highest BCUT2D eigenvalue weighted by Gasteiger charge is 2.42. The standard InChI is InChI=1S/C29H26Cl2FN3O6/c1-37-28(36)15-7-22(32)26-23(8-15)40-29(33-26)35-16-9-18(10-17(35)12-38-11-16)39-13-19-25(34-41-27(19)14-5-6-14)24-20(30)3-2-4-21(24)31/h2-4,7-8,14,16-18H,5-6,9-13H2,1H3. The van der Waals surface area contributed by atoms with Gasteiger partial charge < -0.3 is 28.1 Å². The van der Waals surface area contributed by atoms with Gasteiger partial charge in [-0.2, -0.15) is 4.98 Å². The van der Waals surface area contributed by atoms with Crippen LogP contribution in [0.25, 0.3) is 22.4 Å². The molecule has 41 heavy (non-hydrogen) atoms. The van der Waals surface area contributed by atoms with Crippen LogP contribution in [0.15, 0.2) is 39.3 Å². The van der Waals surface area contributed by atoms with Crippen molar-refractivity contribution < 1.29 is 32.3 Å². The molecule has 3 aliphatic rings. The van der Waals surface area contributed by atoms with Crippen molar-refractivity contribution in [1.29, 1.82) is 0 Å². The average Bonchev–Trinajstić information content (AvgIpc) is 3.57. The van der Waals surface area contributed by atoms with Crippen LogP contribution in [-0.4, -0.2) is 54.6 Å². The smallest absolute Gasteiger partial charge is 0.338 e. The third-order valence-corrected chi connectivity index (χ3v) is 8.62. The zero-order chi connectivity index (χ0) is 28.2. The third-order valence-electron chi connectivity index (χ3n) is 7.99. The molecule has 2 aromatic carbocycles. The van der Waals surface area contributed by atoms with Crippen molar-refractivity contribution in [1.82, 2.24) is 10.1 Å². The minimum atomic E-state index is -0.649. The number of nitrogens with zero attached hydrogens (tertiary/aromatic N) is 3. The number of benzene rings is 2. The molecule has 2 unspecified atom stereocenters. The number of halogens is 3. The van der Waals surface area contributed by atoms with Gasteiger partial charge in [-0.15, -0.1) is 0 Å². The molecule has 2 bridgehead atoms. The minimum Gasteiger partial charge on any atom is -0.465 e. The van der Waals surface area contributed by atoms with E-state index in [0.717, 1.165) is 30.2 Å². The Balaban J connectivity index is 1.12. The van der Waals surface area contributed by atoms with E-state index < -0.39 is 11.8 Å². The summed E-state index contributed by atoms with van der Waals surface area (Å²) in [5.74, 6) is -0.140. The minimum absolute atomic E-state index is 0.0626. The number of carbonyl (C=O) groups is 1. The highest BCUT2D eigenvalue weighted by atomic mass is 35.5. The second-order valence-corrected chi connectivity index (χ2v) is 11.5. The van der Waals surface area contributed by atoms with Crippen LogP contribution in [0.2, 0.25) is 10.0 Å². The van der Waals surface area contributed by atoms with Crippen molar-refractivity contribution in [3.8, 4) is 11.3 Å². The van der Waals surface area contributed by atoms with Crippen molar-refractivity contribution in [2.24, 2.45) is 0 Å². The molecule has 9 nitrogen and oxygen atoms in total. The van der Waals surface area contributed by atoms with Gasteiger partial charge in [0.05, 0.1) is 60.7 Å². The Morgan fingerprint density at radius 1 is 1.15 bits per heavy atom. The lowest BCUT2D eigenvalue weighted by molar-refractivity contribution is -0.0410. The van der Waals surface area contributed by atoms with Gasteiger partial charge >= 0.3 is 5.97 Å². The molecule has 2 aliphatic heterocycles. The second kappa shape index (κ2) is 10.6. The van der Waals surface area contributed by atoms with E-state index in [1.165, 1.54) is 13.2 Å². The first-order chi connectivity index (χ1) is 19.9. The number of esters is 1. The van der Waals surface area contributed by atoms with E-state index in [2.05, 4.69) is 10.1 Å². The molecule has 4 aromatic rings. The van der Waals surface area contributed by atoms with Gasteiger partial charge in [0.25, 0.3) is 6.01 Å². The number of hydrogen-bond acceptors (Lipinski definition) is 9. The van der Waals surface area contributed by atoms with E-state index >= 15 is 0 Å². The number of aromatic nitrogens is 2. The molecule has 214 valence electrons. The summed E-state index contributed by atoms with van der Waals surface area (Å²) in [7, 11) is 1.24. The molecule has 2 atom stereocenters. The lowest BCUT2D eigenvalue weighted by Gasteiger charge is -2.47. The molecule has 4 heterocycles. The van der Waals surface area contributed by atoms with Gasteiger partial charge in [0.15, 0.2) is 11.4 Å². The Bertz CT molecular complexity index is 1600. The van der Waals surface area contributed by atoms with E-state index in [1.807, 2.05) is 4.90 Å². The number of piperidine rings is 1. The maximum atomic E-state index is 14.8. The molecule has 1 aliphatic carbocycles. The third kappa shape index (κ3) is 4.86. The summed E-state index contributed by atoms with van der Waals surface area (Å²) in [4.78, 5) is 18.4. The van der Waals surface area contributed by atoms with Crippen LogP contribution in [0.5, 0.6) is 0 Å². The van der Waals surface area contributed by atoms with E-state index in [4.69, 9.17) is 46.4 Å². The normalized spacial score (nSPS) is 22.3. The zero-order valence-corrected chi connectivity index (χ0v) is 23.6. The Morgan fingerprint density at radius 2 is 1.88 bits per heavy atom. The lowest BCUT2D eigenvalue weighted by Crippen LogP contribution is -2.58. The molecular weight excluding hydrogens is 576 g/mol. The average molecular weight is 602 g/mol. The molecular formula is C29H26Cl2FN3O6. The van der Waals surface area contributed by atoms with Gasteiger partial charge in [-0.05, 0) is 49.9 Å². The van der Waals surface area contributed by atoms with Crippen LogP contribution < -0.4 is 4.90 Å². The Labute approximate surface area is 244 Å². The SMILES string of the molecule is COC(=O)c1cc(F)c2nc(N3C4COCC3CC(OCc3c(-c5c(Cl)cccc5Cl)noc3C3CC3)C4)oc2c1. The number of oxazole rings is 1. The van der Waals surface area contributed by atoms with Gasteiger partial charge in [0.2, 0.25) is 0 Å². The van der Waals surface area contributed by atoms with Crippen LogP contribution in [0.4, 0.5) is 10.4 Å². The number of rotatable bonds is 7. The molecule has 2 saturated heterocycles. The van der Waals surface area contributed by atoms with Crippen LogP contribution in [0.3, 0.4) is 0 Å². The van der Waals surface area contributed by atoms with Crippen molar-refractivity contribution in [3.63, 3.8) is 0 Å². The monoisotopic (exact) mass is 601 g/mol. The molecule has 0 N–H and O–H groups in total. The topological polar surface area (TPSA) is 100 Å². The van der Waals surface area contributed by atoms with Crippen molar-refractivity contribution >= 4 is 46.3 Å². The predicted octanol–water partition coefficient (Wildman–Crippen LogP) is 6.55. The number of methoxy groups -OCH3 is 1. The summed E-state index contributed by atoms with van der Waals surface area (Å²) in [6, 6.07) is 8.02. The molecule has 12 heteroatoms. The molecule has 2 aromatic heterocycles. The van der Waals surface area contributed by atoms with E-state index in [-0.39, 0.29) is 34.9 Å². The zero-order valence-electron chi connectivity index (χ0n) is 22.1. The van der Waals surface area contributed by atoms with Crippen LogP contribution in [-0.2, 0) is 20.8 Å². The lowest BCUT2D eigenvalue weighted by atomic mass is 9.92. The molecule has 1 saturated carbocycles. The van der Waals surface area contributed by atoms with E-state index in [9.17, 15) is 9.18 Å². The summed E-state index contributed by atoms with van der Waals surface area (Å²) < 4.78 is 43.6. The van der Waals surface area contributed by atoms with Crippen molar-refractivity contribution in [2.45, 2.75) is 56.4 Å². The van der Waals surface area contributed by atoms with Gasteiger partial charge in [-0.25, -0.2) is 9.18 Å². The first-order valence-corrected chi connectivity index (χ1v) is 14.3. The Kier molecular flexibility index (Phi) is 6.89. The fourth-order valence-electron chi connectivity index (χ4n) is 5.89. The highest BCUT2D eigenvalue weighted by molar-refractivity contribution is 6.39. The largest absolute Gasteiger partial charge is 0.465 e. The van der Waals surface area contributed by atoms with Gasteiger partial charge in [-0.1, -0.05) is 34.4 Å². The maximum absolute atomic E-state index is 14.8. The van der Waals surface area contributed by atoms with Crippen molar-refractivity contribution in [3.05, 3.63) is 63.1 Å². The molecule has 0 spiro atoms. The van der Waals surface area contributed by atoms with Crippen LogP contribution in [0, 0.1) is 5.82 Å². The summed E-state index contributed by atoms with van der Waals surface area (Å²) >= 11 is 13.0. The van der Waals surface area contributed by atoms with Gasteiger partial charge in [0, 0.05) is 17.0 Å². The fraction of sp³-hybridized carbons (Fsp3) is 0.414. The summed E-state index contributed by atoms with van der Waals surface area (Å²) in [6.07, 6.45) is 3.32. The van der Waals surface area contributed by atoms with E-state index in [1.54, 1.807) is 18.2 Å². The first-order valence-electron chi connectivity index (χ1n) is 13.5. The summed E-state index contributed by atoms with van der Waals surface area (Å²) in [6.45, 7) is 1.21. The quantitative estimate of drug-likeness (QED) is 0.218. The number of anilines is 1. The number of morpholine rings is 1. The fourth-order valence-corrected chi connectivity index (χ4v) is 6.46. The molecule has 0 radical (unpaired) electrons. The summed E-state index contributed by atoms with van der Waals surface area (Å²) in [5.41, 5.74) is 2.45. The second-order valence-electron chi connectivity index (χ2n) is 10.7. The number of carbonyl (C=O) groups excluding carboxylic acids is 1. The molecule has 3 fully saturated rings. The van der Waals surface area contributed by atoms with Crippen molar-refractivity contribution in [2.75, 3.05) is 25.2 Å². The number of hydrogen-bond donors (Lipinski definition) is 0. The van der Waals surface area contributed by atoms with Gasteiger partial charge in [0.1, 0.15) is 17.0 Å². The van der Waals surface area contributed by atoms with Gasteiger partial charge in [-0.3, -0.25) is 0 Å². The maximum Gasteiger partial charge on any atom is 0.338 e. The Hall–Kier alpha value is -3.18. The predicted molar refractivity (Wildman–Crippen MR) is 148 cm³/mol. The molecule has 7 rings (SSSR count). The summed E-state index contributed by atoms with van der Waals surface area (Å²) in [5, 5.41) is 5.37. The number of fused-ring (bicyclic) bond motifs is 3. The number of ether oxygens (including phenoxy) is 3. The van der Waals surface area contributed by atoms with E-state index in [0.29, 0.717) is 65.9 Å². The first kappa shape index (κ1) is 26.7. The van der Waals surface area contributed by atoms with Crippen LogP contribution in [0.1, 0.15) is 53.3 Å². The Morgan fingerprint density at radius 3 is 2.56 bits per heavy atom.